The molecule has 1 aliphatic heterocycles. The van der Waals surface area contributed by atoms with Crippen molar-refractivity contribution in [3.05, 3.63) is 53.1 Å². The number of benzene rings is 2. The third kappa shape index (κ3) is 3.89. The van der Waals surface area contributed by atoms with Crippen molar-refractivity contribution in [3.8, 4) is 11.5 Å². The van der Waals surface area contributed by atoms with Crippen LogP contribution < -0.4 is 20.1 Å². The standard InChI is InChI=1S/C21H23ClN2O3/c1-14(16-6-2-3-7-17(16)22)23-13-20(25)24-15-8-9-18-19(12-15)27-21(26-18)10-4-5-11-21/h2-3,6-9,12,14,23H,4-5,10-11,13H2,1H3,(H,24,25). The van der Waals surface area contributed by atoms with E-state index in [2.05, 4.69) is 10.6 Å². The molecule has 2 N–H and O–H groups in total. The van der Waals surface area contributed by atoms with E-state index in [9.17, 15) is 4.79 Å². The van der Waals surface area contributed by atoms with Crippen LogP contribution in [0.15, 0.2) is 42.5 Å². The number of carbonyl (C=O) groups is 1. The number of nitrogens with one attached hydrogen (secondary N) is 2. The number of anilines is 1. The van der Waals surface area contributed by atoms with Crippen molar-refractivity contribution in [2.24, 2.45) is 0 Å². The van der Waals surface area contributed by atoms with E-state index in [-0.39, 0.29) is 18.5 Å². The molecule has 1 unspecified atom stereocenters. The summed E-state index contributed by atoms with van der Waals surface area (Å²) in [7, 11) is 0. The first kappa shape index (κ1) is 18.1. The second-order valence-corrected chi connectivity index (χ2v) is 7.56. The van der Waals surface area contributed by atoms with Gasteiger partial charge < -0.3 is 20.1 Å². The summed E-state index contributed by atoms with van der Waals surface area (Å²) in [6.07, 6.45) is 4.06. The Morgan fingerprint density at radius 3 is 2.67 bits per heavy atom. The zero-order valence-corrected chi connectivity index (χ0v) is 16.0. The van der Waals surface area contributed by atoms with Crippen LogP contribution >= 0.6 is 11.6 Å². The SMILES string of the molecule is CC(NCC(=O)Nc1ccc2c(c1)OC1(CCCC1)O2)c1ccccc1Cl. The average molecular weight is 387 g/mol. The number of hydrogen-bond donors (Lipinski definition) is 2. The highest BCUT2D eigenvalue weighted by Crippen LogP contribution is 2.47. The van der Waals surface area contributed by atoms with Crippen LogP contribution in [0.4, 0.5) is 5.69 Å². The minimum atomic E-state index is -0.489. The van der Waals surface area contributed by atoms with Gasteiger partial charge in [0.2, 0.25) is 5.91 Å². The summed E-state index contributed by atoms with van der Waals surface area (Å²) in [5.74, 6) is 0.840. The summed E-state index contributed by atoms with van der Waals surface area (Å²) in [6.45, 7) is 2.17. The summed E-state index contributed by atoms with van der Waals surface area (Å²) in [5, 5.41) is 6.79. The fraction of sp³-hybridized carbons (Fsp3) is 0.381. The molecule has 2 aliphatic rings. The highest BCUT2D eigenvalue weighted by atomic mass is 35.5. The molecular weight excluding hydrogens is 364 g/mol. The molecule has 1 amide bonds. The van der Waals surface area contributed by atoms with E-state index < -0.39 is 5.79 Å². The highest BCUT2D eigenvalue weighted by Gasteiger charge is 2.44. The molecule has 0 bridgehead atoms. The van der Waals surface area contributed by atoms with E-state index in [0.29, 0.717) is 16.5 Å². The molecule has 5 nitrogen and oxygen atoms in total. The molecule has 1 heterocycles. The van der Waals surface area contributed by atoms with Gasteiger partial charge in [-0.15, -0.1) is 0 Å². The van der Waals surface area contributed by atoms with Gasteiger partial charge in [0.1, 0.15) is 0 Å². The fourth-order valence-corrected chi connectivity index (χ4v) is 3.98. The maximum Gasteiger partial charge on any atom is 0.251 e. The highest BCUT2D eigenvalue weighted by molar-refractivity contribution is 6.31. The fourth-order valence-electron chi connectivity index (χ4n) is 3.68. The zero-order chi connectivity index (χ0) is 18.9. The van der Waals surface area contributed by atoms with Crippen molar-refractivity contribution in [1.82, 2.24) is 5.32 Å². The molecule has 2 aromatic carbocycles. The molecule has 1 saturated carbocycles. The van der Waals surface area contributed by atoms with Crippen molar-refractivity contribution in [2.75, 3.05) is 11.9 Å². The number of amides is 1. The molecule has 27 heavy (non-hydrogen) atoms. The number of fused-ring (bicyclic) bond motifs is 1. The summed E-state index contributed by atoms with van der Waals surface area (Å²) in [4.78, 5) is 12.3. The van der Waals surface area contributed by atoms with Crippen LogP contribution in [0.5, 0.6) is 11.5 Å². The molecule has 0 radical (unpaired) electrons. The van der Waals surface area contributed by atoms with Gasteiger partial charge in [-0.25, -0.2) is 0 Å². The van der Waals surface area contributed by atoms with Gasteiger partial charge in [-0.3, -0.25) is 4.79 Å². The molecule has 0 aromatic heterocycles. The van der Waals surface area contributed by atoms with Crippen molar-refractivity contribution in [3.63, 3.8) is 0 Å². The molecule has 142 valence electrons. The minimum Gasteiger partial charge on any atom is -0.448 e. The topological polar surface area (TPSA) is 59.6 Å². The molecule has 1 aliphatic carbocycles. The number of ether oxygens (including phenoxy) is 2. The van der Waals surface area contributed by atoms with Crippen LogP contribution in [0.25, 0.3) is 0 Å². The van der Waals surface area contributed by atoms with Gasteiger partial charge in [-0.05, 0) is 43.5 Å². The number of rotatable bonds is 5. The normalized spacial score (nSPS) is 17.9. The van der Waals surface area contributed by atoms with E-state index in [1.165, 1.54) is 0 Å². The van der Waals surface area contributed by atoms with Crippen molar-refractivity contribution in [1.29, 1.82) is 0 Å². The Bertz CT molecular complexity index is 849. The lowest BCUT2D eigenvalue weighted by molar-refractivity contribution is -0.115. The van der Waals surface area contributed by atoms with Gasteiger partial charge in [-0.2, -0.15) is 0 Å². The van der Waals surface area contributed by atoms with E-state index in [4.69, 9.17) is 21.1 Å². The third-order valence-electron chi connectivity index (χ3n) is 5.13. The molecule has 1 atom stereocenters. The van der Waals surface area contributed by atoms with Gasteiger partial charge >= 0.3 is 0 Å². The van der Waals surface area contributed by atoms with E-state index in [1.54, 1.807) is 0 Å². The molecule has 2 aromatic rings. The van der Waals surface area contributed by atoms with Crippen LogP contribution in [0.1, 0.15) is 44.2 Å². The van der Waals surface area contributed by atoms with Crippen LogP contribution in [-0.4, -0.2) is 18.2 Å². The van der Waals surface area contributed by atoms with E-state index in [0.717, 1.165) is 37.0 Å². The maximum atomic E-state index is 12.3. The summed E-state index contributed by atoms with van der Waals surface area (Å²) in [5.41, 5.74) is 1.67. The second kappa shape index (κ2) is 7.41. The second-order valence-electron chi connectivity index (χ2n) is 7.16. The van der Waals surface area contributed by atoms with Crippen LogP contribution in [0, 0.1) is 0 Å². The third-order valence-corrected chi connectivity index (χ3v) is 5.47. The average Bonchev–Trinajstić information content (AvgIpc) is 3.25. The monoisotopic (exact) mass is 386 g/mol. The van der Waals surface area contributed by atoms with Gasteiger partial charge in [-0.1, -0.05) is 29.8 Å². The van der Waals surface area contributed by atoms with Crippen molar-refractivity contribution >= 4 is 23.2 Å². The van der Waals surface area contributed by atoms with Gasteiger partial charge in [0.15, 0.2) is 11.5 Å². The lowest BCUT2D eigenvalue weighted by Gasteiger charge is -2.21. The van der Waals surface area contributed by atoms with Crippen molar-refractivity contribution in [2.45, 2.75) is 44.4 Å². The molecule has 6 heteroatoms. The predicted molar refractivity (Wildman–Crippen MR) is 105 cm³/mol. The van der Waals surface area contributed by atoms with Crippen LogP contribution in [-0.2, 0) is 4.79 Å². The number of halogens is 1. The summed E-state index contributed by atoms with van der Waals surface area (Å²) in [6, 6.07) is 13.1. The molecular formula is C21H23ClN2O3. The number of carbonyl (C=O) groups excluding carboxylic acids is 1. The van der Waals surface area contributed by atoms with Gasteiger partial charge in [0.25, 0.3) is 5.79 Å². The largest absolute Gasteiger partial charge is 0.448 e. The van der Waals surface area contributed by atoms with Crippen LogP contribution in [0.3, 0.4) is 0 Å². The molecule has 4 rings (SSSR count). The first-order valence-electron chi connectivity index (χ1n) is 9.34. The van der Waals surface area contributed by atoms with E-state index in [1.807, 2.05) is 49.4 Å². The summed E-state index contributed by atoms with van der Waals surface area (Å²) >= 11 is 6.20. The Labute approximate surface area is 164 Å². The molecule has 0 saturated heterocycles. The Morgan fingerprint density at radius 1 is 1.15 bits per heavy atom. The predicted octanol–water partition coefficient (Wildman–Crippen LogP) is 4.67. The van der Waals surface area contributed by atoms with Gasteiger partial charge in [0, 0.05) is 35.7 Å². The van der Waals surface area contributed by atoms with Crippen molar-refractivity contribution < 1.29 is 14.3 Å². The quantitative estimate of drug-likeness (QED) is 0.783. The van der Waals surface area contributed by atoms with Gasteiger partial charge in [0.05, 0.1) is 6.54 Å². The Kier molecular flexibility index (Phi) is 4.98. The lowest BCUT2D eigenvalue weighted by Crippen LogP contribution is -2.34. The molecule has 1 spiro atoms. The minimum absolute atomic E-state index is 0.0246. The molecule has 1 fully saturated rings. The van der Waals surface area contributed by atoms with Crippen LogP contribution in [0.2, 0.25) is 5.02 Å². The lowest BCUT2D eigenvalue weighted by atomic mass is 10.1. The first-order valence-corrected chi connectivity index (χ1v) is 9.72. The Balaban J connectivity index is 1.34. The first-order chi connectivity index (χ1) is 13.0. The number of hydrogen-bond acceptors (Lipinski definition) is 4. The zero-order valence-electron chi connectivity index (χ0n) is 15.3. The smallest absolute Gasteiger partial charge is 0.251 e. The summed E-state index contributed by atoms with van der Waals surface area (Å²) < 4.78 is 12.0. The maximum absolute atomic E-state index is 12.3. The Morgan fingerprint density at radius 2 is 1.89 bits per heavy atom. The van der Waals surface area contributed by atoms with E-state index >= 15 is 0 Å². The Hall–Kier alpha value is -2.24.